The molecule has 0 spiro atoms. The van der Waals surface area contributed by atoms with Crippen molar-refractivity contribution in [2.24, 2.45) is 10.7 Å². The van der Waals surface area contributed by atoms with Gasteiger partial charge in [-0.05, 0) is 37.3 Å². The molecule has 4 N–H and O–H groups in total. The highest BCUT2D eigenvalue weighted by Crippen LogP contribution is 2.26. The highest BCUT2D eigenvalue weighted by atomic mass is 16.2. The zero-order valence-electron chi connectivity index (χ0n) is 13.8. The molecule has 128 valence electrons. The quantitative estimate of drug-likeness (QED) is 0.758. The Hall–Kier alpha value is -2.21. The summed E-state index contributed by atoms with van der Waals surface area (Å²) in [5.74, 6) is -0.0510. The van der Waals surface area contributed by atoms with Gasteiger partial charge in [-0.25, -0.2) is 4.99 Å². The molecule has 1 aliphatic heterocycles. The van der Waals surface area contributed by atoms with Crippen LogP contribution in [-0.2, 0) is 16.0 Å². The van der Waals surface area contributed by atoms with E-state index >= 15 is 0 Å². The minimum Gasteiger partial charge on any atom is -0.353 e. The smallest absolute Gasteiger partial charge is 0.266 e. The van der Waals surface area contributed by atoms with Crippen molar-refractivity contribution in [2.45, 2.75) is 50.6 Å². The summed E-state index contributed by atoms with van der Waals surface area (Å²) in [4.78, 5) is 28.4. The van der Waals surface area contributed by atoms with E-state index in [-0.39, 0.29) is 23.9 Å². The Balaban J connectivity index is 1.45. The van der Waals surface area contributed by atoms with Crippen molar-refractivity contribution < 1.29 is 9.59 Å². The van der Waals surface area contributed by atoms with Crippen LogP contribution in [0.3, 0.4) is 0 Å². The number of rotatable bonds is 5. The summed E-state index contributed by atoms with van der Waals surface area (Å²) < 4.78 is 0. The first-order valence-corrected chi connectivity index (χ1v) is 8.61. The average Bonchev–Trinajstić information content (AvgIpc) is 3.01. The summed E-state index contributed by atoms with van der Waals surface area (Å²) >= 11 is 0. The summed E-state index contributed by atoms with van der Waals surface area (Å²) in [6.07, 6.45) is 4.49. The summed E-state index contributed by atoms with van der Waals surface area (Å²) in [7, 11) is 0. The first-order valence-electron chi connectivity index (χ1n) is 8.61. The number of carbonyl (C=O) groups excluding carboxylic acids is 2. The maximum atomic E-state index is 12.4. The zero-order chi connectivity index (χ0) is 16.9. The predicted molar refractivity (Wildman–Crippen MR) is 93.2 cm³/mol. The first kappa shape index (κ1) is 16.6. The molecule has 6 heteroatoms. The molecule has 1 aliphatic carbocycles. The van der Waals surface area contributed by atoms with Crippen LogP contribution in [0.5, 0.6) is 0 Å². The molecule has 1 fully saturated rings. The minimum absolute atomic E-state index is 0.0167. The van der Waals surface area contributed by atoms with Crippen LogP contribution in [0.2, 0.25) is 0 Å². The number of nitrogens with zero attached hydrogens (tertiary/aromatic N) is 1. The molecule has 1 saturated carbocycles. The highest BCUT2D eigenvalue weighted by molar-refractivity contribution is 6.41. The molecule has 2 aliphatic rings. The molecule has 2 amide bonds. The van der Waals surface area contributed by atoms with E-state index in [4.69, 9.17) is 5.73 Å². The van der Waals surface area contributed by atoms with Gasteiger partial charge in [-0.1, -0.05) is 18.2 Å². The number of nitrogens with two attached hydrogens (primary N) is 1. The molecule has 6 nitrogen and oxygen atoms in total. The van der Waals surface area contributed by atoms with Gasteiger partial charge in [0.15, 0.2) is 0 Å². The Kier molecular flexibility index (Phi) is 5.25. The number of hydrogen-bond donors (Lipinski definition) is 3. The van der Waals surface area contributed by atoms with Gasteiger partial charge in [-0.15, -0.1) is 0 Å². The van der Waals surface area contributed by atoms with Gasteiger partial charge in [0.05, 0.1) is 5.69 Å². The van der Waals surface area contributed by atoms with E-state index in [0.717, 1.165) is 36.9 Å². The standard InChI is InChI=1S/C18H24N4O2/c19-10-9-17(23)20-13-5-7-14(8-6-13)21-18(24)16-11-12-3-1-2-4-15(12)22-16/h1-4,13-14H,5-11,19H2,(H,20,23)(H,21,24). The second-order valence-corrected chi connectivity index (χ2v) is 6.49. The van der Waals surface area contributed by atoms with Gasteiger partial charge in [0.2, 0.25) is 5.91 Å². The largest absolute Gasteiger partial charge is 0.353 e. The molecular weight excluding hydrogens is 304 g/mol. The fourth-order valence-electron chi connectivity index (χ4n) is 3.35. The van der Waals surface area contributed by atoms with Crippen LogP contribution in [0.4, 0.5) is 5.69 Å². The van der Waals surface area contributed by atoms with E-state index < -0.39 is 0 Å². The monoisotopic (exact) mass is 328 g/mol. The number of fused-ring (bicyclic) bond motifs is 1. The Morgan fingerprint density at radius 3 is 2.42 bits per heavy atom. The molecular formula is C18H24N4O2. The van der Waals surface area contributed by atoms with Crippen molar-refractivity contribution >= 4 is 23.2 Å². The third kappa shape index (κ3) is 4.00. The van der Waals surface area contributed by atoms with Crippen LogP contribution in [0.25, 0.3) is 0 Å². The lowest BCUT2D eigenvalue weighted by Crippen LogP contribution is -2.45. The number of aliphatic imine (C=N–C) groups is 1. The van der Waals surface area contributed by atoms with Gasteiger partial charge in [-0.2, -0.15) is 0 Å². The van der Waals surface area contributed by atoms with E-state index in [9.17, 15) is 9.59 Å². The highest BCUT2D eigenvalue weighted by Gasteiger charge is 2.26. The third-order valence-corrected chi connectivity index (χ3v) is 4.67. The second-order valence-electron chi connectivity index (χ2n) is 6.49. The van der Waals surface area contributed by atoms with Crippen LogP contribution in [0.1, 0.15) is 37.7 Å². The molecule has 0 saturated heterocycles. The maximum absolute atomic E-state index is 12.4. The zero-order valence-corrected chi connectivity index (χ0v) is 13.8. The Morgan fingerprint density at radius 2 is 1.75 bits per heavy atom. The SMILES string of the molecule is NCCC(=O)NC1CCC(NC(=O)C2=Nc3ccccc3C2)CC1. The lowest BCUT2D eigenvalue weighted by atomic mass is 9.91. The van der Waals surface area contributed by atoms with Crippen molar-refractivity contribution in [2.75, 3.05) is 6.54 Å². The van der Waals surface area contributed by atoms with Crippen molar-refractivity contribution in [3.05, 3.63) is 29.8 Å². The van der Waals surface area contributed by atoms with Crippen molar-refractivity contribution in [1.82, 2.24) is 10.6 Å². The van der Waals surface area contributed by atoms with Crippen molar-refractivity contribution in [3.8, 4) is 0 Å². The van der Waals surface area contributed by atoms with Crippen molar-refractivity contribution in [3.63, 3.8) is 0 Å². The molecule has 0 unspecified atom stereocenters. The van der Waals surface area contributed by atoms with E-state index in [1.807, 2.05) is 24.3 Å². The number of amides is 2. The lowest BCUT2D eigenvalue weighted by molar-refractivity contribution is -0.122. The van der Waals surface area contributed by atoms with Crippen molar-refractivity contribution in [1.29, 1.82) is 0 Å². The number of para-hydroxylation sites is 1. The van der Waals surface area contributed by atoms with E-state index in [1.165, 1.54) is 0 Å². The van der Waals surface area contributed by atoms with Crippen LogP contribution in [0.15, 0.2) is 29.3 Å². The maximum Gasteiger partial charge on any atom is 0.266 e. The average molecular weight is 328 g/mol. The predicted octanol–water partition coefficient (Wildman–Crippen LogP) is 1.21. The summed E-state index contributed by atoms with van der Waals surface area (Å²) in [5.41, 5.74) is 7.98. The molecule has 1 heterocycles. The molecule has 24 heavy (non-hydrogen) atoms. The van der Waals surface area contributed by atoms with Gasteiger partial charge in [0.1, 0.15) is 5.71 Å². The van der Waals surface area contributed by atoms with Gasteiger partial charge >= 0.3 is 0 Å². The summed E-state index contributed by atoms with van der Waals surface area (Å²) in [6.45, 7) is 0.377. The van der Waals surface area contributed by atoms with Crippen LogP contribution < -0.4 is 16.4 Å². The Morgan fingerprint density at radius 1 is 1.08 bits per heavy atom. The lowest BCUT2D eigenvalue weighted by Gasteiger charge is -2.29. The van der Waals surface area contributed by atoms with Gasteiger partial charge < -0.3 is 16.4 Å². The van der Waals surface area contributed by atoms with E-state index in [1.54, 1.807) is 0 Å². The molecule has 0 aromatic heterocycles. The fourth-order valence-corrected chi connectivity index (χ4v) is 3.35. The van der Waals surface area contributed by atoms with Gasteiger partial charge in [0, 0.05) is 31.5 Å². The minimum atomic E-state index is -0.0678. The number of hydrogen-bond acceptors (Lipinski definition) is 4. The molecule has 3 rings (SSSR count). The number of carbonyl (C=O) groups is 2. The van der Waals surface area contributed by atoms with Crippen LogP contribution in [-0.4, -0.2) is 36.2 Å². The molecule has 1 aromatic rings. The Labute approximate surface area is 141 Å². The second kappa shape index (κ2) is 7.57. The molecule has 0 atom stereocenters. The summed E-state index contributed by atoms with van der Waals surface area (Å²) in [6, 6.07) is 8.20. The van der Waals surface area contributed by atoms with E-state index in [2.05, 4.69) is 15.6 Å². The van der Waals surface area contributed by atoms with E-state index in [0.29, 0.717) is 25.1 Å². The first-order chi connectivity index (χ1) is 11.7. The number of benzene rings is 1. The molecule has 1 aromatic carbocycles. The fraction of sp³-hybridized carbons (Fsp3) is 0.500. The Bertz CT molecular complexity index is 648. The molecule has 0 bridgehead atoms. The normalized spacial score (nSPS) is 22.5. The van der Waals surface area contributed by atoms with Crippen LogP contribution in [0, 0.1) is 0 Å². The van der Waals surface area contributed by atoms with Gasteiger partial charge in [-0.3, -0.25) is 9.59 Å². The summed E-state index contributed by atoms with van der Waals surface area (Å²) in [5, 5.41) is 6.10. The van der Waals surface area contributed by atoms with Crippen LogP contribution >= 0.6 is 0 Å². The molecule has 0 radical (unpaired) electrons. The number of nitrogens with one attached hydrogen (secondary N) is 2. The third-order valence-electron chi connectivity index (χ3n) is 4.67. The topological polar surface area (TPSA) is 96.6 Å². The van der Waals surface area contributed by atoms with Gasteiger partial charge in [0.25, 0.3) is 5.91 Å².